The van der Waals surface area contributed by atoms with Crippen LogP contribution in [-0.2, 0) is 5.75 Å². The molecule has 0 bridgehead atoms. The van der Waals surface area contributed by atoms with Crippen LogP contribution in [0.4, 0.5) is 0 Å². The fraction of sp³-hybridized carbons (Fsp3) is 0.200. The summed E-state index contributed by atoms with van der Waals surface area (Å²) in [4.78, 5) is 4.26. The van der Waals surface area contributed by atoms with Gasteiger partial charge in [0.2, 0.25) is 5.89 Å². The van der Waals surface area contributed by atoms with Crippen molar-refractivity contribution in [2.75, 3.05) is 0 Å². The van der Waals surface area contributed by atoms with E-state index in [2.05, 4.69) is 57.0 Å². The van der Waals surface area contributed by atoms with Gasteiger partial charge in [-0.2, -0.15) is 4.98 Å². The monoisotopic (exact) mass is 377 g/mol. The predicted octanol–water partition coefficient (Wildman–Crippen LogP) is 4.53. The zero-order valence-corrected chi connectivity index (χ0v) is 16.2. The Balaban J connectivity index is 1.76. The van der Waals surface area contributed by atoms with E-state index in [9.17, 15) is 0 Å². The molecule has 0 atom stereocenters. The maximum atomic E-state index is 5.22. The number of hydrogen-bond donors (Lipinski definition) is 0. The van der Waals surface area contributed by atoms with Crippen molar-refractivity contribution in [3.63, 3.8) is 0 Å². The van der Waals surface area contributed by atoms with Crippen LogP contribution in [0.2, 0.25) is 0 Å². The van der Waals surface area contributed by atoms with Gasteiger partial charge in [-0.25, -0.2) is 0 Å². The van der Waals surface area contributed by atoms with E-state index in [1.54, 1.807) is 0 Å². The second kappa shape index (κ2) is 7.36. The highest BCUT2D eigenvalue weighted by atomic mass is 32.2. The zero-order chi connectivity index (χ0) is 18.8. The molecule has 0 spiro atoms. The van der Waals surface area contributed by atoms with Crippen molar-refractivity contribution < 1.29 is 4.52 Å². The van der Waals surface area contributed by atoms with Crippen molar-refractivity contribution in [1.82, 2.24) is 24.9 Å². The van der Waals surface area contributed by atoms with Crippen molar-refractivity contribution in [2.45, 2.75) is 31.7 Å². The lowest BCUT2D eigenvalue weighted by Gasteiger charge is -2.12. The molecule has 136 valence electrons. The summed E-state index contributed by atoms with van der Waals surface area (Å²) in [6.07, 6.45) is 0. The number of rotatable bonds is 5. The summed E-state index contributed by atoms with van der Waals surface area (Å²) in [5, 5.41) is 13.5. The highest BCUT2D eigenvalue weighted by Crippen LogP contribution is 2.30. The Kier molecular flexibility index (Phi) is 4.77. The first-order chi connectivity index (χ1) is 13.1. The maximum absolute atomic E-state index is 5.22. The third kappa shape index (κ3) is 3.64. The Morgan fingerprint density at radius 1 is 0.963 bits per heavy atom. The summed E-state index contributed by atoms with van der Waals surface area (Å²) >= 11 is 1.53. The molecule has 0 saturated heterocycles. The minimum absolute atomic E-state index is 0.540. The van der Waals surface area contributed by atoms with Gasteiger partial charge in [0.1, 0.15) is 0 Å². The molecule has 0 N–H and O–H groups in total. The molecule has 0 amide bonds. The lowest BCUT2D eigenvalue weighted by molar-refractivity contribution is 0.387. The Bertz CT molecular complexity index is 1070. The van der Waals surface area contributed by atoms with Gasteiger partial charge in [-0.15, -0.1) is 10.2 Å². The molecule has 2 aromatic heterocycles. The Labute approximate surface area is 161 Å². The zero-order valence-electron chi connectivity index (χ0n) is 15.4. The average molecular weight is 377 g/mol. The van der Waals surface area contributed by atoms with Crippen LogP contribution in [0.5, 0.6) is 0 Å². The topological polar surface area (TPSA) is 69.6 Å². The molecule has 6 nitrogen and oxygen atoms in total. The van der Waals surface area contributed by atoms with Gasteiger partial charge in [0.25, 0.3) is 0 Å². The SMILES string of the molecule is Cc1noc(CSc2nnc(-c3ccccc3)n2-c2ccc(C)c(C)c2)n1. The molecule has 0 radical (unpaired) electrons. The van der Waals surface area contributed by atoms with E-state index in [1.807, 2.05) is 37.3 Å². The van der Waals surface area contributed by atoms with Gasteiger partial charge < -0.3 is 4.52 Å². The summed E-state index contributed by atoms with van der Waals surface area (Å²) in [5.74, 6) is 2.56. The van der Waals surface area contributed by atoms with E-state index < -0.39 is 0 Å². The summed E-state index contributed by atoms with van der Waals surface area (Å²) in [7, 11) is 0. The van der Waals surface area contributed by atoms with Gasteiger partial charge in [0.05, 0.1) is 11.4 Å². The molecule has 4 rings (SSSR count). The Morgan fingerprint density at radius 2 is 1.78 bits per heavy atom. The van der Waals surface area contributed by atoms with Crippen LogP contribution in [0, 0.1) is 20.8 Å². The first-order valence-electron chi connectivity index (χ1n) is 8.62. The van der Waals surface area contributed by atoms with Crippen molar-refractivity contribution in [3.05, 3.63) is 71.4 Å². The molecule has 2 aromatic carbocycles. The summed E-state index contributed by atoms with van der Waals surface area (Å²) in [5.41, 5.74) is 4.53. The first-order valence-corrected chi connectivity index (χ1v) is 9.61. The highest BCUT2D eigenvalue weighted by molar-refractivity contribution is 7.98. The van der Waals surface area contributed by atoms with Crippen LogP contribution in [0.1, 0.15) is 22.8 Å². The number of hydrogen-bond acceptors (Lipinski definition) is 6. The van der Waals surface area contributed by atoms with E-state index in [-0.39, 0.29) is 0 Å². The lowest BCUT2D eigenvalue weighted by atomic mass is 10.1. The van der Waals surface area contributed by atoms with Gasteiger partial charge >= 0.3 is 0 Å². The van der Waals surface area contributed by atoms with Crippen LogP contribution in [0.15, 0.2) is 58.2 Å². The van der Waals surface area contributed by atoms with Gasteiger partial charge in [0, 0.05) is 5.56 Å². The molecule has 0 aliphatic heterocycles. The minimum Gasteiger partial charge on any atom is -0.338 e. The number of benzene rings is 2. The van der Waals surface area contributed by atoms with Crippen LogP contribution in [0.3, 0.4) is 0 Å². The van der Waals surface area contributed by atoms with E-state index >= 15 is 0 Å². The summed E-state index contributed by atoms with van der Waals surface area (Å²) in [6.45, 7) is 6.03. The second-order valence-electron chi connectivity index (χ2n) is 6.30. The maximum Gasteiger partial charge on any atom is 0.237 e. The van der Waals surface area contributed by atoms with Crippen molar-refractivity contribution >= 4 is 11.8 Å². The second-order valence-corrected chi connectivity index (χ2v) is 7.24. The molecule has 2 heterocycles. The number of aromatic nitrogens is 5. The Hall–Kier alpha value is -2.93. The summed E-state index contributed by atoms with van der Waals surface area (Å²) in [6, 6.07) is 16.5. The molecule has 27 heavy (non-hydrogen) atoms. The molecular weight excluding hydrogens is 358 g/mol. The smallest absolute Gasteiger partial charge is 0.237 e. The molecule has 0 fully saturated rings. The molecule has 0 aliphatic carbocycles. The molecule has 4 aromatic rings. The minimum atomic E-state index is 0.540. The number of nitrogens with zero attached hydrogens (tertiary/aromatic N) is 5. The fourth-order valence-corrected chi connectivity index (χ4v) is 3.55. The van der Waals surface area contributed by atoms with Crippen molar-refractivity contribution in [3.8, 4) is 17.1 Å². The highest BCUT2D eigenvalue weighted by Gasteiger charge is 2.17. The standard InChI is InChI=1S/C20H19N5OS/c1-13-9-10-17(11-14(13)2)25-19(16-7-5-4-6-8-16)22-23-20(25)27-12-18-21-15(3)24-26-18/h4-11H,12H2,1-3H3. The van der Waals surface area contributed by atoms with Gasteiger partial charge in [0.15, 0.2) is 16.8 Å². The van der Waals surface area contributed by atoms with E-state index in [0.717, 1.165) is 22.2 Å². The van der Waals surface area contributed by atoms with Crippen LogP contribution >= 0.6 is 11.8 Å². The largest absolute Gasteiger partial charge is 0.338 e. The lowest BCUT2D eigenvalue weighted by Crippen LogP contribution is -2.01. The van der Waals surface area contributed by atoms with Gasteiger partial charge in [-0.3, -0.25) is 4.57 Å². The average Bonchev–Trinajstić information content (AvgIpc) is 3.29. The van der Waals surface area contributed by atoms with Crippen LogP contribution < -0.4 is 0 Å². The number of thioether (sulfide) groups is 1. The first kappa shape index (κ1) is 17.5. The van der Waals surface area contributed by atoms with Crippen LogP contribution in [0.25, 0.3) is 17.1 Å². The van der Waals surface area contributed by atoms with Crippen molar-refractivity contribution in [2.24, 2.45) is 0 Å². The van der Waals surface area contributed by atoms with Gasteiger partial charge in [-0.1, -0.05) is 53.3 Å². The molecule has 0 saturated carbocycles. The number of aryl methyl sites for hydroxylation is 3. The quantitative estimate of drug-likeness (QED) is 0.476. The molecule has 0 unspecified atom stereocenters. The van der Waals surface area contributed by atoms with E-state index in [1.165, 1.54) is 22.9 Å². The van der Waals surface area contributed by atoms with Crippen LogP contribution in [-0.4, -0.2) is 24.9 Å². The van der Waals surface area contributed by atoms with E-state index in [4.69, 9.17) is 4.52 Å². The third-order valence-corrected chi connectivity index (χ3v) is 5.22. The van der Waals surface area contributed by atoms with E-state index in [0.29, 0.717) is 17.5 Å². The van der Waals surface area contributed by atoms with Crippen molar-refractivity contribution in [1.29, 1.82) is 0 Å². The Morgan fingerprint density at radius 3 is 2.48 bits per heavy atom. The summed E-state index contributed by atoms with van der Waals surface area (Å²) < 4.78 is 7.30. The molecule has 0 aliphatic rings. The third-order valence-electron chi connectivity index (χ3n) is 4.31. The van der Waals surface area contributed by atoms with Gasteiger partial charge in [-0.05, 0) is 44.0 Å². The molecular formula is C20H19N5OS. The molecule has 7 heteroatoms. The predicted molar refractivity (Wildman–Crippen MR) is 105 cm³/mol. The fourth-order valence-electron chi connectivity index (χ4n) is 2.76. The normalized spacial score (nSPS) is 11.1.